The zero-order chi connectivity index (χ0) is 15.7. The van der Waals surface area contributed by atoms with Crippen LogP contribution in [0.2, 0.25) is 0 Å². The van der Waals surface area contributed by atoms with Crippen LogP contribution in [0.1, 0.15) is 11.1 Å². The Morgan fingerprint density at radius 1 is 0.682 bits per heavy atom. The predicted octanol–water partition coefficient (Wildman–Crippen LogP) is 2.41. The van der Waals surface area contributed by atoms with Gasteiger partial charge in [0.15, 0.2) is 0 Å². The molecule has 112 valence electrons. The van der Waals surface area contributed by atoms with Crippen LogP contribution in [0.5, 0.6) is 0 Å². The van der Waals surface area contributed by atoms with Gasteiger partial charge in [0, 0.05) is 25.5 Å². The molecule has 2 amide bonds. The molecule has 22 heavy (non-hydrogen) atoms. The Morgan fingerprint density at radius 2 is 1.05 bits per heavy atom. The standard InChI is InChI=1S/2C9H9NO/c2*1-10-8-5-3-2-4-7(8)6-9(10)11/h2*2-5H,6H2,1H3. The molecular weight excluding hydrogens is 276 g/mol. The summed E-state index contributed by atoms with van der Waals surface area (Å²) in [5.74, 6) is 0.373. The number of rotatable bonds is 0. The molecule has 0 N–H and O–H groups in total. The van der Waals surface area contributed by atoms with E-state index >= 15 is 0 Å². The zero-order valence-corrected chi connectivity index (χ0v) is 12.7. The highest BCUT2D eigenvalue weighted by Gasteiger charge is 2.23. The fourth-order valence-electron chi connectivity index (χ4n) is 2.81. The van der Waals surface area contributed by atoms with Crippen molar-refractivity contribution in [1.82, 2.24) is 0 Å². The lowest BCUT2D eigenvalue weighted by atomic mass is 10.2. The van der Waals surface area contributed by atoms with Crippen LogP contribution in [0.15, 0.2) is 48.5 Å². The van der Waals surface area contributed by atoms with Gasteiger partial charge in [-0.05, 0) is 23.3 Å². The molecule has 0 atom stereocenters. The maximum atomic E-state index is 11.2. The second-order valence-corrected chi connectivity index (χ2v) is 5.52. The van der Waals surface area contributed by atoms with Gasteiger partial charge < -0.3 is 9.80 Å². The number of carbonyl (C=O) groups is 2. The van der Waals surface area contributed by atoms with Crippen LogP contribution in [-0.4, -0.2) is 25.9 Å². The predicted molar refractivity (Wildman–Crippen MR) is 87.1 cm³/mol. The smallest absolute Gasteiger partial charge is 0.231 e. The molecule has 2 aromatic rings. The Morgan fingerprint density at radius 3 is 1.41 bits per heavy atom. The summed E-state index contributed by atoms with van der Waals surface area (Å²) in [5.41, 5.74) is 4.38. The summed E-state index contributed by atoms with van der Waals surface area (Å²) in [6.07, 6.45) is 1.12. The van der Waals surface area contributed by atoms with Crippen molar-refractivity contribution >= 4 is 23.2 Å². The highest BCUT2D eigenvalue weighted by atomic mass is 16.2. The fourth-order valence-corrected chi connectivity index (χ4v) is 2.81. The van der Waals surface area contributed by atoms with Crippen molar-refractivity contribution in [2.45, 2.75) is 12.8 Å². The molecule has 0 saturated heterocycles. The van der Waals surface area contributed by atoms with Crippen LogP contribution >= 0.6 is 0 Å². The highest BCUT2D eigenvalue weighted by Crippen LogP contribution is 2.27. The molecule has 2 heterocycles. The Kier molecular flexibility index (Phi) is 3.67. The summed E-state index contributed by atoms with van der Waals surface area (Å²) >= 11 is 0. The van der Waals surface area contributed by atoms with Gasteiger partial charge in [-0.1, -0.05) is 36.4 Å². The van der Waals surface area contributed by atoms with Gasteiger partial charge in [0.1, 0.15) is 0 Å². The minimum absolute atomic E-state index is 0.186. The van der Waals surface area contributed by atoms with E-state index in [1.807, 2.05) is 62.6 Å². The molecule has 0 aliphatic carbocycles. The molecule has 0 aromatic heterocycles. The van der Waals surface area contributed by atoms with E-state index in [-0.39, 0.29) is 11.8 Å². The first-order valence-electron chi connectivity index (χ1n) is 7.27. The highest BCUT2D eigenvalue weighted by molar-refractivity contribution is 6.01. The van der Waals surface area contributed by atoms with Gasteiger partial charge >= 0.3 is 0 Å². The van der Waals surface area contributed by atoms with Crippen molar-refractivity contribution in [2.24, 2.45) is 0 Å². The van der Waals surface area contributed by atoms with Crippen molar-refractivity contribution < 1.29 is 9.59 Å². The molecule has 0 fully saturated rings. The molecule has 2 aliphatic heterocycles. The third-order valence-corrected chi connectivity index (χ3v) is 4.14. The average Bonchev–Trinajstić information content (AvgIpc) is 2.98. The molecule has 0 spiro atoms. The number of carbonyl (C=O) groups excluding carboxylic acids is 2. The first kappa shape index (κ1) is 14.3. The zero-order valence-electron chi connectivity index (χ0n) is 12.7. The summed E-state index contributed by atoms with van der Waals surface area (Å²) < 4.78 is 0. The van der Waals surface area contributed by atoms with E-state index in [0.29, 0.717) is 12.8 Å². The number of hydrogen-bond donors (Lipinski definition) is 0. The Hall–Kier alpha value is -2.62. The summed E-state index contributed by atoms with van der Waals surface area (Å²) in [5, 5.41) is 0. The Labute approximate surface area is 130 Å². The Bertz CT molecular complexity index is 676. The fraction of sp³-hybridized carbons (Fsp3) is 0.222. The Balaban J connectivity index is 0.000000131. The lowest BCUT2D eigenvalue weighted by Crippen LogP contribution is -2.20. The van der Waals surface area contributed by atoms with Crippen LogP contribution in [0.25, 0.3) is 0 Å². The van der Waals surface area contributed by atoms with E-state index in [1.165, 1.54) is 0 Å². The van der Waals surface area contributed by atoms with Crippen molar-refractivity contribution in [3.05, 3.63) is 59.7 Å². The minimum Gasteiger partial charge on any atom is -0.315 e. The molecular formula is C18H18N2O2. The van der Waals surface area contributed by atoms with Gasteiger partial charge in [-0.15, -0.1) is 0 Å². The maximum Gasteiger partial charge on any atom is 0.231 e. The molecule has 0 radical (unpaired) electrons. The third-order valence-electron chi connectivity index (χ3n) is 4.14. The summed E-state index contributed by atoms with van der Waals surface area (Å²) in [6.45, 7) is 0. The number of likely N-dealkylation sites (N-methyl/N-ethyl adjacent to an activating group) is 2. The van der Waals surface area contributed by atoms with Gasteiger partial charge in [-0.25, -0.2) is 0 Å². The number of nitrogens with zero attached hydrogens (tertiary/aromatic N) is 2. The molecule has 0 bridgehead atoms. The first-order valence-corrected chi connectivity index (χ1v) is 7.27. The second-order valence-electron chi connectivity index (χ2n) is 5.52. The van der Waals surface area contributed by atoms with Crippen molar-refractivity contribution in [3.8, 4) is 0 Å². The third kappa shape index (κ3) is 2.48. The maximum absolute atomic E-state index is 11.2. The van der Waals surface area contributed by atoms with E-state index in [2.05, 4.69) is 0 Å². The lowest BCUT2D eigenvalue weighted by molar-refractivity contribution is -0.117. The molecule has 0 saturated carbocycles. The molecule has 4 rings (SSSR count). The molecule has 0 unspecified atom stereocenters. The first-order chi connectivity index (χ1) is 10.6. The molecule has 4 heteroatoms. The number of para-hydroxylation sites is 2. The van der Waals surface area contributed by atoms with Crippen LogP contribution in [0.3, 0.4) is 0 Å². The lowest BCUT2D eigenvalue weighted by Gasteiger charge is -2.08. The van der Waals surface area contributed by atoms with E-state index < -0.39 is 0 Å². The second kappa shape index (κ2) is 5.64. The summed E-state index contributed by atoms with van der Waals surface area (Å²) in [7, 11) is 3.63. The summed E-state index contributed by atoms with van der Waals surface area (Å²) in [6, 6.07) is 15.8. The van der Waals surface area contributed by atoms with Crippen LogP contribution < -0.4 is 9.80 Å². The van der Waals surface area contributed by atoms with Gasteiger partial charge in [0.05, 0.1) is 12.8 Å². The largest absolute Gasteiger partial charge is 0.315 e. The SMILES string of the molecule is CN1C(=O)Cc2ccccc21.CN1C(=O)Cc2ccccc21. The van der Waals surface area contributed by atoms with Gasteiger partial charge in [-0.3, -0.25) is 9.59 Å². The van der Waals surface area contributed by atoms with E-state index in [1.54, 1.807) is 9.80 Å². The van der Waals surface area contributed by atoms with Crippen LogP contribution in [0.4, 0.5) is 11.4 Å². The topological polar surface area (TPSA) is 40.6 Å². The molecule has 2 aromatic carbocycles. The van der Waals surface area contributed by atoms with Crippen molar-refractivity contribution in [2.75, 3.05) is 23.9 Å². The number of hydrogen-bond acceptors (Lipinski definition) is 2. The van der Waals surface area contributed by atoms with E-state index in [9.17, 15) is 9.59 Å². The van der Waals surface area contributed by atoms with Gasteiger partial charge in [0.2, 0.25) is 11.8 Å². The summed E-state index contributed by atoms with van der Waals surface area (Å²) in [4.78, 5) is 25.7. The normalized spacial score (nSPS) is 15.4. The average molecular weight is 294 g/mol. The number of amides is 2. The van der Waals surface area contributed by atoms with E-state index in [4.69, 9.17) is 0 Å². The number of anilines is 2. The van der Waals surface area contributed by atoms with E-state index in [0.717, 1.165) is 22.5 Å². The van der Waals surface area contributed by atoms with Gasteiger partial charge in [0.25, 0.3) is 0 Å². The molecule has 4 nitrogen and oxygen atoms in total. The molecule has 2 aliphatic rings. The van der Waals surface area contributed by atoms with Crippen molar-refractivity contribution in [3.63, 3.8) is 0 Å². The number of fused-ring (bicyclic) bond motifs is 2. The quantitative estimate of drug-likeness (QED) is 0.748. The van der Waals surface area contributed by atoms with Crippen molar-refractivity contribution in [1.29, 1.82) is 0 Å². The monoisotopic (exact) mass is 294 g/mol. The van der Waals surface area contributed by atoms with Crippen LogP contribution in [0, 0.1) is 0 Å². The minimum atomic E-state index is 0.186. The number of benzene rings is 2. The van der Waals surface area contributed by atoms with Crippen LogP contribution in [-0.2, 0) is 22.4 Å². The van der Waals surface area contributed by atoms with Gasteiger partial charge in [-0.2, -0.15) is 0 Å².